The zero-order chi connectivity index (χ0) is 21.4. The summed E-state index contributed by atoms with van der Waals surface area (Å²) >= 11 is 0. The molecule has 0 aliphatic rings. The molecule has 0 saturated heterocycles. The third kappa shape index (κ3) is 6.24. The Bertz CT molecular complexity index is 820. The Morgan fingerprint density at radius 2 is 1.45 bits per heavy atom. The topological polar surface area (TPSA) is 76.7 Å². The standard InChI is InChI=1S/C23H30N2O4/c1-15(2)17-9-8-10-18(16(3)4)23(17)25-21(26)13-24-22(27)14-29-20-12-7-6-11-19(20)28-5/h6-12,15-16H,13-14H2,1-5H3,(H,24,27)(H,25,26). The molecule has 0 saturated carbocycles. The molecule has 0 heterocycles. The highest BCUT2D eigenvalue weighted by Crippen LogP contribution is 2.32. The molecule has 6 heteroatoms. The van der Waals surface area contributed by atoms with Gasteiger partial charge in [0.1, 0.15) is 0 Å². The molecule has 0 aliphatic carbocycles. The number of carbonyl (C=O) groups is 2. The first-order chi connectivity index (χ1) is 13.8. The van der Waals surface area contributed by atoms with E-state index >= 15 is 0 Å². The molecule has 2 amide bonds. The van der Waals surface area contributed by atoms with Crippen LogP contribution in [0.15, 0.2) is 42.5 Å². The van der Waals surface area contributed by atoms with Gasteiger partial charge in [-0.25, -0.2) is 0 Å². The minimum Gasteiger partial charge on any atom is -0.493 e. The predicted molar refractivity (Wildman–Crippen MR) is 115 cm³/mol. The molecule has 156 valence electrons. The zero-order valence-corrected chi connectivity index (χ0v) is 17.7. The molecule has 2 aromatic carbocycles. The largest absolute Gasteiger partial charge is 0.493 e. The van der Waals surface area contributed by atoms with Gasteiger partial charge in [0.2, 0.25) is 5.91 Å². The van der Waals surface area contributed by atoms with E-state index in [9.17, 15) is 9.59 Å². The third-order valence-electron chi connectivity index (χ3n) is 4.51. The van der Waals surface area contributed by atoms with Crippen LogP contribution in [0, 0.1) is 0 Å². The molecule has 6 nitrogen and oxygen atoms in total. The van der Waals surface area contributed by atoms with Crippen molar-refractivity contribution in [1.82, 2.24) is 5.32 Å². The van der Waals surface area contributed by atoms with E-state index in [2.05, 4.69) is 38.3 Å². The molecule has 0 bridgehead atoms. The molecule has 0 fully saturated rings. The Kier molecular flexibility index (Phi) is 8.07. The van der Waals surface area contributed by atoms with Gasteiger partial charge in [-0.2, -0.15) is 0 Å². The Balaban J connectivity index is 1.94. The number of anilines is 1. The van der Waals surface area contributed by atoms with Crippen molar-refractivity contribution in [3.05, 3.63) is 53.6 Å². The van der Waals surface area contributed by atoms with Crippen molar-refractivity contribution in [2.24, 2.45) is 0 Å². The van der Waals surface area contributed by atoms with Gasteiger partial charge in [0.25, 0.3) is 5.91 Å². The van der Waals surface area contributed by atoms with E-state index in [1.54, 1.807) is 18.2 Å². The number of methoxy groups -OCH3 is 1. The number of benzene rings is 2. The van der Waals surface area contributed by atoms with Gasteiger partial charge in [0, 0.05) is 5.69 Å². The molecule has 0 aromatic heterocycles. The fraction of sp³-hybridized carbons (Fsp3) is 0.391. The van der Waals surface area contributed by atoms with Crippen LogP contribution in [-0.2, 0) is 9.59 Å². The summed E-state index contributed by atoms with van der Waals surface area (Å²) < 4.78 is 10.7. The zero-order valence-electron chi connectivity index (χ0n) is 17.7. The molecule has 0 atom stereocenters. The lowest BCUT2D eigenvalue weighted by molar-refractivity contribution is -0.125. The van der Waals surface area contributed by atoms with Crippen LogP contribution in [0.4, 0.5) is 5.69 Å². The first-order valence-electron chi connectivity index (χ1n) is 9.78. The number of nitrogens with one attached hydrogen (secondary N) is 2. The number of amides is 2. The van der Waals surface area contributed by atoms with E-state index in [0.29, 0.717) is 11.5 Å². The average Bonchev–Trinajstić information content (AvgIpc) is 2.70. The summed E-state index contributed by atoms with van der Waals surface area (Å²) in [6, 6.07) is 13.1. The maximum absolute atomic E-state index is 12.5. The Morgan fingerprint density at radius 1 is 0.862 bits per heavy atom. The summed E-state index contributed by atoms with van der Waals surface area (Å²) in [5.41, 5.74) is 2.99. The van der Waals surface area contributed by atoms with Gasteiger partial charge in [0.15, 0.2) is 18.1 Å². The van der Waals surface area contributed by atoms with Gasteiger partial charge in [-0.3, -0.25) is 9.59 Å². The fourth-order valence-electron chi connectivity index (χ4n) is 2.99. The number of ether oxygens (including phenoxy) is 2. The summed E-state index contributed by atoms with van der Waals surface area (Å²) in [6.07, 6.45) is 0. The Hall–Kier alpha value is -3.02. The maximum Gasteiger partial charge on any atom is 0.258 e. The summed E-state index contributed by atoms with van der Waals surface area (Å²) in [6.45, 7) is 8.03. The molecule has 0 radical (unpaired) electrons. The number of carbonyl (C=O) groups excluding carboxylic acids is 2. The number of para-hydroxylation sites is 3. The van der Waals surface area contributed by atoms with Crippen LogP contribution >= 0.6 is 0 Å². The van der Waals surface area contributed by atoms with Crippen LogP contribution < -0.4 is 20.1 Å². The minimum absolute atomic E-state index is 0.127. The molecule has 2 N–H and O–H groups in total. The lowest BCUT2D eigenvalue weighted by atomic mass is 9.92. The third-order valence-corrected chi connectivity index (χ3v) is 4.51. The van der Waals surface area contributed by atoms with E-state index in [-0.39, 0.29) is 36.8 Å². The minimum atomic E-state index is -0.382. The lowest BCUT2D eigenvalue weighted by Crippen LogP contribution is -2.36. The van der Waals surface area contributed by atoms with E-state index in [0.717, 1.165) is 16.8 Å². The second-order valence-corrected chi connectivity index (χ2v) is 7.39. The Labute approximate surface area is 172 Å². The van der Waals surface area contributed by atoms with Crippen molar-refractivity contribution in [2.45, 2.75) is 39.5 Å². The van der Waals surface area contributed by atoms with Crippen LogP contribution in [0.5, 0.6) is 11.5 Å². The van der Waals surface area contributed by atoms with Gasteiger partial charge < -0.3 is 20.1 Å². The summed E-state index contributed by atoms with van der Waals surface area (Å²) in [4.78, 5) is 24.5. The highest BCUT2D eigenvalue weighted by atomic mass is 16.5. The quantitative estimate of drug-likeness (QED) is 0.667. The van der Waals surface area contributed by atoms with E-state index < -0.39 is 0 Å². The molecule has 2 aromatic rings. The normalized spacial score (nSPS) is 10.7. The summed E-state index contributed by atoms with van der Waals surface area (Å²) in [7, 11) is 1.53. The Morgan fingerprint density at radius 3 is 2.00 bits per heavy atom. The molecule has 0 aliphatic heterocycles. The van der Waals surface area contributed by atoms with Crippen LogP contribution in [0.1, 0.15) is 50.7 Å². The average molecular weight is 399 g/mol. The van der Waals surface area contributed by atoms with Gasteiger partial charge in [-0.1, -0.05) is 58.0 Å². The predicted octanol–water partition coefficient (Wildman–Crippen LogP) is 4.08. The molecule has 29 heavy (non-hydrogen) atoms. The van der Waals surface area contributed by atoms with E-state index in [1.165, 1.54) is 7.11 Å². The lowest BCUT2D eigenvalue weighted by Gasteiger charge is -2.20. The van der Waals surface area contributed by atoms with Gasteiger partial charge in [-0.15, -0.1) is 0 Å². The van der Waals surface area contributed by atoms with Crippen molar-refractivity contribution < 1.29 is 19.1 Å². The highest BCUT2D eigenvalue weighted by Gasteiger charge is 2.16. The molecule has 0 unspecified atom stereocenters. The molecular weight excluding hydrogens is 368 g/mol. The van der Waals surface area contributed by atoms with E-state index in [1.807, 2.05) is 24.3 Å². The number of hydrogen-bond donors (Lipinski definition) is 2. The number of rotatable bonds is 9. The molecular formula is C23H30N2O4. The van der Waals surface area contributed by atoms with Crippen molar-refractivity contribution in [1.29, 1.82) is 0 Å². The second kappa shape index (κ2) is 10.5. The SMILES string of the molecule is COc1ccccc1OCC(=O)NCC(=O)Nc1c(C(C)C)cccc1C(C)C. The summed E-state index contributed by atoms with van der Waals surface area (Å²) in [5.74, 6) is 0.908. The maximum atomic E-state index is 12.5. The van der Waals surface area contributed by atoms with Crippen LogP contribution in [0.25, 0.3) is 0 Å². The first-order valence-corrected chi connectivity index (χ1v) is 9.78. The van der Waals surface area contributed by atoms with E-state index in [4.69, 9.17) is 9.47 Å². The van der Waals surface area contributed by atoms with Crippen LogP contribution in [0.2, 0.25) is 0 Å². The molecule has 0 spiro atoms. The molecule has 2 rings (SSSR count). The van der Waals surface area contributed by atoms with Gasteiger partial charge in [0.05, 0.1) is 13.7 Å². The van der Waals surface area contributed by atoms with Crippen LogP contribution in [-0.4, -0.2) is 32.1 Å². The first kappa shape index (κ1) is 22.3. The van der Waals surface area contributed by atoms with Crippen molar-refractivity contribution >= 4 is 17.5 Å². The highest BCUT2D eigenvalue weighted by molar-refractivity contribution is 5.96. The van der Waals surface area contributed by atoms with Crippen molar-refractivity contribution in [2.75, 3.05) is 25.6 Å². The second-order valence-electron chi connectivity index (χ2n) is 7.39. The monoisotopic (exact) mass is 398 g/mol. The van der Waals surface area contributed by atoms with Crippen molar-refractivity contribution in [3.8, 4) is 11.5 Å². The van der Waals surface area contributed by atoms with Gasteiger partial charge >= 0.3 is 0 Å². The smallest absolute Gasteiger partial charge is 0.258 e. The van der Waals surface area contributed by atoms with Crippen molar-refractivity contribution in [3.63, 3.8) is 0 Å². The summed E-state index contributed by atoms with van der Waals surface area (Å²) in [5, 5.41) is 5.57. The van der Waals surface area contributed by atoms with Crippen LogP contribution in [0.3, 0.4) is 0 Å². The fourth-order valence-corrected chi connectivity index (χ4v) is 2.99. The number of hydrogen-bond acceptors (Lipinski definition) is 4. The van der Waals surface area contributed by atoms with Gasteiger partial charge in [-0.05, 0) is 35.1 Å².